The monoisotopic (exact) mass is 288 g/mol. The van der Waals surface area contributed by atoms with Crippen molar-refractivity contribution >= 4 is 0 Å². The minimum Gasteiger partial charge on any atom is -0.307 e. The highest BCUT2D eigenvalue weighted by Crippen LogP contribution is 2.21. The molecule has 1 aromatic rings. The molecule has 1 heterocycles. The molecule has 0 aliphatic carbocycles. The van der Waals surface area contributed by atoms with Crippen LogP contribution in [-0.2, 0) is 6.42 Å². The summed E-state index contributed by atoms with van der Waals surface area (Å²) in [4.78, 5) is 2.46. The Labute approximate surface area is 130 Å². The average molecular weight is 288 g/mol. The number of nitrogens with zero attached hydrogens (tertiary/aromatic N) is 1. The van der Waals surface area contributed by atoms with Gasteiger partial charge in [0.15, 0.2) is 0 Å². The van der Waals surface area contributed by atoms with E-state index in [0.717, 1.165) is 5.92 Å². The molecule has 3 unspecified atom stereocenters. The van der Waals surface area contributed by atoms with Gasteiger partial charge in [0.05, 0.1) is 0 Å². The summed E-state index contributed by atoms with van der Waals surface area (Å²) in [6.45, 7) is 10.4. The summed E-state index contributed by atoms with van der Waals surface area (Å²) in [6, 6.07) is 11.0. The molecule has 118 valence electrons. The second kappa shape index (κ2) is 7.42. The molecule has 1 aromatic carbocycles. The SMILES string of the molecule is CC(C)Cc1ccc(C(C)NC2CCN(C)C(C)C2)cc1. The topological polar surface area (TPSA) is 15.3 Å². The molecule has 1 aliphatic rings. The van der Waals surface area contributed by atoms with Crippen molar-refractivity contribution in [2.45, 2.75) is 65.1 Å². The second-order valence-electron chi connectivity index (χ2n) is 7.28. The fraction of sp³-hybridized carbons (Fsp3) is 0.684. The van der Waals surface area contributed by atoms with Gasteiger partial charge in [0.25, 0.3) is 0 Å². The van der Waals surface area contributed by atoms with E-state index in [9.17, 15) is 0 Å². The van der Waals surface area contributed by atoms with Crippen molar-refractivity contribution in [2.24, 2.45) is 5.92 Å². The zero-order valence-electron chi connectivity index (χ0n) is 14.4. The summed E-state index contributed by atoms with van der Waals surface area (Å²) in [6.07, 6.45) is 3.69. The lowest BCUT2D eigenvalue weighted by Crippen LogP contribution is -2.46. The van der Waals surface area contributed by atoms with E-state index in [1.807, 2.05) is 0 Å². The molecule has 2 nitrogen and oxygen atoms in total. The van der Waals surface area contributed by atoms with Crippen LogP contribution in [0.1, 0.15) is 57.7 Å². The third-order valence-electron chi connectivity index (χ3n) is 4.82. The van der Waals surface area contributed by atoms with Gasteiger partial charge in [-0.15, -0.1) is 0 Å². The van der Waals surface area contributed by atoms with E-state index in [0.29, 0.717) is 18.1 Å². The number of hydrogen-bond donors (Lipinski definition) is 1. The largest absolute Gasteiger partial charge is 0.307 e. The molecular formula is C19H32N2. The van der Waals surface area contributed by atoms with E-state index in [1.54, 1.807) is 0 Å². The van der Waals surface area contributed by atoms with Crippen LogP contribution in [0.3, 0.4) is 0 Å². The van der Waals surface area contributed by atoms with Gasteiger partial charge in [0.2, 0.25) is 0 Å². The molecular weight excluding hydrogens is 256 g/mol. The number of hydrogen-bond acceptors (Lipinski definition) is 2. The van der Waals surface area contributed by atoms with Crippen LogP contribution in [0.25, 0.3) is 0 Å². The molecule has 21 heavy (non-hydrogen) atoms. The zero-order valence-corrected chi connectivity index (χ0v) is 14.4. The highest BCUT2D eigenvalue weighted by molar-refractivity contribution is 5.25. The average Bonchev–Trinajstić information content (AvgIpc) is 2.43. The summed E-state index contributed by atoms with van der Waals surface area (Å²) < 4.78 is 0. The van der Waals surface area contributed by atoms with E-state index in [1.165, 1.54) is 36.9 Å². The summed E-state index contributed by atoms with van der Waals surface area (Å²) in [7, 11) is 2.23. The van der Waals surface area contributed by atoms with Gasteiger partial charge in [-0.25, -0.2) is 0 Å². The van der Waals surface area contributed by atoms with E-state index >= 15 is 0 Å². The molecule has 2 heteroatoms. The van der Waals surface area contributed by atoms with E-state index in [-0.39, 0.29) is 0 Å². The first-order chi connectivity index (χ1) is 9.95. The molecule has 0 aromatic heterocycles. The maximum atomic E-state index is 3.82. The van der Waals surface area contributed by atoms with Gasteiger partial charge in [0.1, 0.15) is 0 Å². The van der Waals surface area contributed by atoms with Crippen molar-refractivity contribution in [3.63, 3.8) is 0 Å². The van der Waals surface area contributed by atoms with Crippen molar-refractivity contribution in [2.75, 3.05) is 13.6 Å². The Kier molecular flexibility index (Phi) is 5.83. The van der Waals surface area contributed by atoms with Crippen molar-refractivity contribution in [1.29, 1.82) is 0 Å². The smallest absolute Gasteiger partial charge is 0.0294 e. The summed E-state index contributed by atoms with van der Waals surface area (Å²) in [5.74, 6) is 0.729. The van der Waals surface area contributed by atoms with Crippen LogP contribution in [0.15, 0.2) is 24.3 Å². The summed E-state index contributed by atoms with van der Waals surface area (Å²) in [5.41, 5.74) is 2.86. The molecule has 1 aliphatic heterocycles. The van der Waals surface area contributed by atoms with Gasteiger partial charge >= 0.3 is 0 Å². The van der Waals surface area contributed by atoms with Crippen molar-refractivity contribution in [1.82, 2.24) is 10.2 Å². The molecule has 1 N–H and O–H groups in total. The molecule has 1 fully saturated rings. The third kappa shape index (κ3) is 4.82. The molecule has 0 amide bonds. The van der Waals surface area contributed by atoms with Crippen LogP contribution in [-0.4, -0.2) is 30.6 Å². The number of piperidine rings is 1. The number of likely N-dealkylation sites (tertiary alicyclic amines) is 1. The van der Waals surface area contributed by atoms with Crippen LogP contribution >= 0.6 is 0 Å². The highest BCUT2D eigenvalue weighted by Gasteiger charge is 2.23. The molecule has 1 saturated heterocycles. The normalized spacial score (nSPS) is 25.2. The minimum absolute atomic E-state index is 0.443. The van der Waals surface area contributed by atoms with Crippen molar-refractivity contribution in [3.05, 3.63) is 35.4 Å². The maximum absolute atomic E-state index is 3.82. The Morgan fingerprint density at radius 1 is 1.19 bits per heavy atom. The number of rotatable bonds is 5. The van der Waals surface area contributed by atoms with Crippen molar-refractivity contribution in [3.8, 4) is 0 Å². The van der Waals surface area contributed by atoms with E-state index in [4.69, 9.17) is 0 Å². The standard InChI is InChI=1S/C19H32N2/c1-14(2)12-17-6-8-18(9-7-17)16(4)20-19-10-11-21(5)15(3)13-19/h6-9,14-16,19-20H,10-13H2,1-5H3. The summed E-state index contributed by atoms with van der Waals surface area (Å²) in [5, 5.41) is 3.82. The third-order valence-corrected chi connectivity index (χ3v) is 4.82. The van der Waals surface area contributed by atoms with Gasteiger partial charge in [-0.2, -0.15) is 0 Å². The maximum Gasteiger partial charge on any atom is 0.0294 e. The first-order valence-corrected chi connectivity index (χ1v) is 8.50. The van der Waals surface area contributed by atoms with Gasteiger partial charge in [-0.3, -0.25) is 0 Å². The zero-order chi connectivity index (χ0) is 15.4. The Morgan fingerprint density at radius 2 is 1.86 bits per heavy atom. The highest BCUT2D eigenvalue weighted by atomic mass is 15.1. The molecule has 0 saturated carbocycles. The first-order valence-electron chi connectivity index (χ1n) is 8.50. The van der Waals surface area contributed by atoms with Gasteiger partial charge in [0, 0.05) is 18.1 Å². The quantitative estimate of drug-likeness (QED) is 0.880. The predicted octanol–water partition coefficient (Wildman–Crippen LogP) is 4.02. The fourth-order valence-electron chi connectivity index (χ4n) is 3.30. The fourth-order valence-corrected chi connectivity index (χ4v) is 3.30. The van der Waals surface area contributed by atoms with Crippen LogP contribution in [0.2, 0.25) is 0 Å². The molecule has 0 bridgehead atoms. The first kappa shape index (κ1) is 16.5. The lowest BCUT2D eigenvalue weighted by molar-refractivity contribution is 0.163. The molecule has 3 atom stereocenters. The van der Waals surface area contributed by atoms with Crippen LogP contribution in [0.4, 0.5) is 0 Å². The Bertz CT molecular complexity index is 424. The summed E-state index contributed by atoms with van der Waals surface area (Å²) >= 11 is 0. The number of benzene rings is 1. The van der Waals surface area contributed by atoms with Gasteiger partial charge in [-0.1, -0.05) is 38.1 Å². The lowest BCUT2D eigenvalue weighted by atomic mass is 9.96. The Morgan fingerprint density at radius 3 is 2.43 bits per heavy atom. The second-order valence-corrected chi connectivity index (χ2v) is 7.28. The number of nitrogens with one attached hydrogen (secondary N) is 1. The van der Waals surface area contributed by atoms with Gasteiger partial charge < -0.3 is 10.2 Å². The Hall–Kier alpha value is -0.860. The van der Waals surface area contributed by atoms with Crippen molar-refractivity contribution < 1.29 is 0 Å². The van der Waals surface area contributed by atoms with E-state index < -0.39 is 0 Å². The molecule has 0 radical (unpaired) electrons. The lowest BCUT2D eigenvalue weighted by Gasteiger charge is -2.36. The molecule has 2 rings (SSSR count). The van der Waals surface area contributed by atoms with Crippen LogP contribution in [0.5, 0.6) is 0 Å². The van der Waals surface area contributed by atoms with E-state index in [2.05, 4.69) is 69.2 Å². The van der Waals surface area contributed by atoms with Crippen LogP contribution in [0, 0.1) is 5.92 Å². The van der Waals surface area contributed by atoms with Gasteiger partial charge in [-0.05, 0) is 63.7 Å². The molecule has 0 spiro atoms. The predicted molar refractivity (Wildman–Crippen MR) is 91.6 cm³/mol. The minimum atomic E-state index is 0.443. The Balaban J connectivity index is 1.89. The van der Waals surface area contributed by atoms with Crippen LogP contribution < -0.4 is 5.32 Å².